The number of nitrogens with one attached hydrogen (secondary N) is 3. The molecule has 0 aliphatic carbocycles. The van der Waals surface area contributed by atoms with Crippen LogP contribution in [-0.2, 0) is 9.59 Å². The van der Waals surface area contributed by atoms with Gasteiger partial charge in [-0.05, 0) is 13.8 Å². The van der Waals surface area contributed by atoms with Crippen molar-refractivity contribution < 1.29 is 14.4 Å². The number of hydrogen-bond donors (Lipinski definition) is 3. The van der Waals surface area contributed by atoms with Crippen molar-refractivity contribution in [1.29, 1.82) is 0 Å². The lowest BCUT2D eigenvalue weighted by Crippen LogP contribution is -2.48. The molecule has 0 aliphatic heterocycles. The highest BCUT2D eigenvalue weighted by molar-refractivity contribution is 5.96. The second-order valence-electron chi connectivity index (χ2n) is 4.06. The van der Waals surface area contributed by atoms with Crippen molar-refractivity contribution >= 4 is 17.8 Å². The molecule has 18 heavy (non-hydrogen) atoms. The summed E-state index contributed by atoms with van der Waals surface area (Å²) in [5, 5.41) is 7.53. The van der Waals surface area contributed by atoms with Gasteiger partial charge in [0, 0.05) is 33.6 Å². The van der Waals surface area contributed by atoms with E-state index in [2.05, 4.69) is 16.0 Å². The minimum Gasteiger partial charge on any atom is -0.349 e. The molecule has 0 radical (unpaired) electrons. The Morgan fingerprint density at radius 1 is 1.22 bits per heavy atom. The molecule has 0 saturated carbocycles. The summed E-state index contributed by atoms with van der Waals surface area (Å²) in [6.45, 7) is 4.24. The van der Waals surface area contributed by atoms with Crippen LogP contribution in [0, 0.1) is 0 Å². The zero-order valence-corrected chi connectivity index (χ0v) is 11.4. The Hall–Kier alpha value is -1.63. The minimum atomic E-state index is -0.525. The molecule has 3 N–H and O–H groups in total. The van der Waals surface area contributed by atoms with Gasteiger partial charge in [-0.1, -0.05) is 0 Å². The van der Waals surface area contributed by atoms with Crippen LogP contribution in [0.25, 0.3) is 0 Å². The Morgan fingerprint density at radius 3 is 2.33 bits per heavy atom. The highest BCUT2D eigenvalue weighted by atomic mass is 16.2. The minimum absolute atomic E-state index is 0.0150. The Labute approximate surface area is 107 Å². The van der Waals surface area contributed by atoms with E-state index in [0.29, 0.717) is 19.5 Å². The molecule has 7 heteroatoms. The van der Waals surface area contributed by atoms with E-state index in [1.165, 1.54) is 4.90 Å². The molecular weight excluding hydrogens is 236 g/mol. The highest BCUT2D eigenvalue weighted by Gasteiger charge is 2.15. The van der Waals surface area contributed by atoms with Gasteiger partial charge >= 0.3 is 6.03 Å². The topological polar surface area (TPSA) is 90.5 Å². The van der Waals surface area contributed by atoms with Crippen LogP contribution in [0.3, 0.4) is 0 Å². The average molecular weight is 258 g/mol. The first-order valence-electron chi connectivity index (χ1n) is 5.90. The molecule has 0 bridgehead atoms. The molecule has 0 rings (SSSR count). The quantitative estimate of drug-likeness (QED) is 0.587. The van der Waals surface area contributed by atoms with Crippen molar-refractivity contribution in [3.8, 4) is 0 Å². The van der Waals surface area contributed by atoms with Crippen LogP contribution in [0.15, 0.2) is 0 Å². The van der Waals surface area contributed by atoms with E-state index in [4.69, 9.17) is 0 Å². The Balaban J connectivity index is 3.88. The molecule has 1 atom stereocenters. The molecule has 0 spiro atoms. The number of nitrogens with zero attached hydrogens (tertiary/aromatic N) is 1. The van der Waals surface area contributed by atoms with Gasteiger partial charge in [0.15, 0.2) is 0 Å². The number of rotatable bonds is 6. The summed E-state index contributed by atoms with van der Waals surface area (Å²) in [7, 11) is 3.35. The van der Waals surface area contributed by atoms with E-state index < -0.39 is 18.0 Å². The van der Waals surface area contributed by atoms with Gasteiger partial charge in [0.05, 0.1) is 6.04 Å². The average Bonchev–Trinajstić information content (AvgIpc) is 2.28. The van der Waals surface area contributed by atoms with E-state index in [1.807, 2.05) is 0 Å². The molecule has 0 saturated heterocycles. The first-order chi connectivity index (χ1) is 8.38. The van der Waals surface area contributed by atoms with Crippen LogP contribution >= 0.6 is 0 Å². The van der Waals surface area contributed by atoms with Crippen LogP contribution in [0.1, 0.15) is 20.3 Å². The standard InChI is InChI=1S/C11H22N4O3/c1-5-12-11(18)14-10(17)8(2)13-7-6-9(16)15(3)4/h8,13H,5-7H2,1-4H3,(H2,12,14,17,18). The summed E-state index contributed by atoms with van der Waals surface area (Å²) in [5.41, 5.74) is 0. The lowest BCUT2D eigenvalue weighted by molar-refractivity contribution is -0.129. The number of urea groups is 1. The SMILES string of the molecule is CCNC(=O)NC(=O)C(C)NCCC(=O)N(C)C. The smallest absolute Gasteiger partial charge is 0.321 e. The van der Waals surface area contributed by atoms with Gasteiger partial charge in [0.2, 0.25) is 11.8 Å². The lowest BCUT2D eigenvalue weighted by atomic mass is 10.3. The van der Waals surface area contributed by atoms with Crippen molar-refractivity contribution in [2.45, 2.75) is 26.3 Å². The maximum absolute atomic E-state index is 11.5. The summed E-state index contributed by atoms with van der Waals surface area (Å²) in [6.07, 6.45) is 0.311. The van der Waals surface area contributed by atoms with Crippen LogP contribution in [-0.4, -0.2) is 56.0 Å². The fraction of sp³-hybridized carbons (Fsp3) is 0.727. The molecule has 7 nitrogen and oxygen atoms in total. The summed E-state index contributed by atoms with van der Waals surface area (Å²) >= 11 is 0. The van der Waals surface area contributed by atoms with E-state index in [-0.39, 0.29) is 5.91 Å². The Kier molecular flexibility index (Phi) is 7.69. The summed E-state index contributed by atoms with van der Waals surface area (Å²) < 4.78 is 0. The normalized spacial score (nSPS) is 11.6. The maximum Gasteiger partial charge on any atom is 0.321 e. The number of carbonyl (C=O) groups excluding carboxylic acids is 3. The summed E-state index contributed by atoms with van der Waals surface area (Å²) in [4.78, 5) is 35.4. The molecule has 0 heterocycles. The molecule has 1 unspecified atom stereocenters. The Morgan fingerprint density at radius 2 is 1.83 bits per heavy atom. The van der Waals surface area contributed by atoms with Crippen molar-refractivity contribution in [3.63, 3.8) is 0 Å². The zero-order chi connectivity index (χ0) is 14.1. The van der Waals surface area contributed by atoms with Gasteiger partial charge in [-0.25, -0.2) is 4.79 Å². The lowest BCUT2D eigenvalue weighted by Gasteiger charge is -2.14. The summed E-state index contributed by atoms with van der Waals surface area (Å²) in [6, 6.07) is -1.04. The Bertz CT molecular complexity index is 305. The molecule has 0 aromatic rings. The van der Waals surface area contributed by atoms with Crippen molar-refractivity contribution in [2.24, 2.45) is 0 Å². The molecule has 0 aromatic heterocycles. The predicted octanol–water partition coefficient (Wildman–Crippen LogP) is -0.711. The van der Waals surface area contributed by atoms with Gasteiger partial charge in [-0.2, -0.15) is 0 Å². The first-order valence-corrected chi connectivity index (χ1v) is 5.90. The van der Waals surface area contributed by atoms with E-state index in [0.717, 1.165) is 0 Å². The maximum atomic E-state index is 11.5. The third kappa shape index (κ3) is 6.85. The van der Waals surface area contributed by atoms with E-state index >= 15 is 0 Å². The van der Waals surface area contributed by atoms with Gasteiger partial charge in [-0.3, -0.25) is 14.9 Å². The molecular formula is C11H22N4O3. The van der Waals surface area contributed by atoms with Crippen LogP contribution < -0.4 is 16.0 Å². The third-order valence-corrected chi connectivity index (χ3v) is 2.26. The largest absolute Gasteiger partial charge is 0.349 e. The van der Waals surface area contributed by atoms with Gasteiger partial charge in [0.1, 0.15) is 0 Å². The number of hydrogen-bond acceptors (Lipinski definition) is 4. The van der Waals surface area contributed by atoms with Gasteiger partial charge in [0.25, 0.3) is 0 Å². The highest BCUT2D eigenvalue weighted by Crippen LogP contribution is 1.88. The second-order valence-corrected chi connectivity index (χ2v) is 4.06. The van der Waals surface area contributed by atoms with Crippen molar-refractivity contribution in [3.05, 3.63) is 0 Å². The van der Waals surface area contributed by atoms with E-state index in [1.54, 1.807) is 27.9 Å². The predicted molar refractivity (Wildman–Crippen MR) is 68.0 cm³/mol. The third-order valence-electron chi connectivity index (χ3n) is 2.26. The number of amides is 4. The van der Waals surface area contributed by atoms with Crippen molar-refractivity contribution in [2.75, 3.05) is 27.2 Å². The van der Waals surface area contributed by atoms with Crippen molar-refractivity contribution in [1.82, 2.24) is 20.9 Å². The fourth-order valence-corrected chi connectivity index (χ4v) is 1.14. The second kappa shape index (κ2) is 8.46. The van der Waals surface area contributed by atoms with Gasteiger partial charge < -0.3 is 15.5 Å². The molecule has 0 aliphatic rings. The van der Waals surface area contributed by atoms with Crippen LogP contribution in [0.2, 0.25) is 0 Å². The van der Waals surface area contributed by atoms with Crippen LogP contribution in [0.5, 0.6) is 0 Å². The molecule has 104 valence electrons. The molecule has 4 amide bonds. The first kappa shape index (κ1) is 16.4. The summed E-state index contributed by atoms with van der Waals surface area (Å²) in [5.74, 6) is -0.433. The van der Waals surface area contributed by atoms with Crippen LogP contribution in [0.4, 0.5) is 4.79 Å². The molecule has 0 fully saturated rings. The zero-order valence-electron chi connectivity index (χ0n) is 11.4. The van der Waals surface area contributed by atoms with Gasteiger partial charge in [-0.15, -0.1) is 0 Å². The number of carbonyl (C=O) groups is 3. The number of imide groups is 1. The molecule has 0 aromatic carbocycles. The monoisotopic (exact) mass is 258 g/mol. The van der Waals surface area contributed by atoms with E-state index in [9.17, 15) is 14.4 Å². The fourth-order valence-electron chi connectivity index (χ4n) is 1.14.